The van der Waals surface area contributed by atoms with Gasteiger partial charge in [-0.3, -0.25) is 9.10 Å². The van der Waals surface area contributed by atoms with Gasteiger partial charge in [0, 0.05) is 36.0 Å². The maximum absolute atomic E-state index is 11.2. The van der Waals surface area contributed by atoms with Gasteiger partial charge < -0.3 is 5.32 Å². The fourth-order valence-electron chi connectivity index (χ4n) is 2.45. The molecule has 0 bridgehead atoms. The van der Waals surface area contributed by atoms with Gasteiger partial charge in [0.2, 0.25) is 11.9 Å². The SMILES string of the molecule is CC(=O)Nc1nc2ccc(-c3ccnc(N(C)Sc4ccsc4)n3)cc2s1. The molecule has 4 aromatic rings. The highest BCUT2D eigenvalue weighted by atomic mass is 32.2. The zero-order valence-electron chi connectivity index (χ0n) is 14.5. The van der Waals surface area contributed by atoms with E-state index in [1.807, 2.05) is 41.0 Å². The fraction of sp³-hybridized carbons (Fsp3) is 0.111. The number of thiophene rings is 1. The number of carbonyl (C=O) groups excluding carboxylic acids is 1. The molecule has 0 saturated heterocycles. The van der Waals surface area contributed by atoms with Gasteiger partial charge in [-0.05, 0) is 41.6 Å². The molecule has 0 spiro atoms. The maximum atomic E-state index is 11.2. The van der Waals surface area contributed by atoms with E-state index in [-0.39, 0.29) is 5.91 Å². The van der Waals surface area contributed by atoms with Crippen LogP contribution in [-0.4, -0.2) is 27.9 Å². The molecular weight excluding hydrogens is 398 g/mol. The highest BCUT2D eigenvalue weighted by molar-refractivity contribution is 8.00. The van der Waals surface area contributed by atoms with E-state index >= 15 is 0 Å². The number of anilines is 2. The van der Waals surface area contributed by atoms with Gasteiger partial charge in [-0.25, -0.2) is 15.0 Å². The fourth-order valence-corrected chi connectivity index (χ4v) is 4.96. The minimum atomic E-state index is -0.124. The second-order valence-electron chi connectivity index (χ2n) is 5.67. The molecule has 0 fully saturated rings. The van der Waals surface area contributed by atoms with Crippen LogP contribution < -0.4 is 9.62 Å². The highest BCUT2D eigenvalue weighted by Gasteiger charge is 2.11. The lowest BCUT2D eigenvalue weighted by Gasteiger charge is -2.15. The Labute approximate surface area is 168 Å². The van der Waals surface area contributed by atoms with E-state index in [1.165, 1.54) is 18.3 Å². The molecule has 0 atom stereocenters. The smallest absolute Gasteiger partial charge is 0.236 e. The topological polar surface area (TPSA) is 71.0 Å². The lowest BCUT2D eigenvalue weighted by Crippen LogP contribution is -2.10. The standard InChI is InChI=1S/C18H15N5OS3/c1-11(24)20-18-22-15-4-3-12(9-16(15)26-18)14-5-7-19-17(21-14)23(2)27-13-6-8-25-10-13/h3-10H,1-2H3,(H,20,22,24). The summed E-state index contributed by atoms with van der Waals surface area (Å²) in [5, 5.41) is 7.48. The molecule has 6 nitrogen and oxygen atoms in total. The predicted molar refractivity (Wildman–Crippen MR) is 114 cm³/mol. The number of aromatic nitrogens is 3. The zero-order valence-corrected chi connectivity index (χ0v) is 17.0. The van der Waals surface area contributed by atoms with Crippen LogP contribution in [-0.2, 0) is 4.79 Å². The molecule has 136 valence electrons. The summed E-state index contributed by atoms with van der Waals surface area (Å²) in [7, 11) is 1.95. The summed E-state index contributed by atoms with van der Waals surface area (Å²) < 4.78 is 2.95. The number of amides is 1. The highest BCUT2D eigenvalue weighted by Crippen LogP contribution is 2.31. The minimum absolute atomic E-state index is 0.124. The third kappa shape index (κ3) is 4.10. The van der Waals surface area contributed by atoms with E-state index in [0.717, 1.165) is 26.4 Å². The van der Waals surface area contributed by atoms with Gasteiger partial charge in [-0.1, -0.05) is 17.4 Å². The third-order valence-corrected chi connectivity index (χ3v) is 6.30. The van der Waals surface area contributed by atoms with Crippen molar-refractivity contribution < 1.29 is 4.79 Å². The van der Waals surface area contributed by atoms with Gasteiger partial charge in [0.1, 0.15) is 0 Å². The van der Waals surface area contributed by atoms with Gasteiger partial charge in [0.25, 0.3) is 0 Å². The summed E-state index contributed by atoms with van der Waals surface area (Å²) in [6.07, 6.45) is 1.77. The van der Waals surface area contributed by atoms with Crippen LogP contribution in [0.2, 0.25) is 0 Å². The monoisotopic (exact) mass is 413 g/mol. The van der Waals surface area contributed by atoms with E-state index in [0.29, 0.717) is 11.1 Å². The summed E-state index contributed by atoms with van der Waals surface area (Å²) in [6.45, 7) is 1.48. The van der Waals surface area contributed by atoms with Gasteiger partial charge in [0.05, 0.1) is 15.9 Å². The lowest BCUT2D eigenvalue weighted by molar-refractivity contribution is -0.114. The van der Waals surface area contributed by atoms with Crippen LogP contribution in [0.4, 0.5) is 11.1 Å². The van der Waals surface area contributed by atoms with Gasteiger partial charge in [0.15, 0.2) is 5.13 Å². The quantitative estimate of drug-likeness (QED) is 0.469. The number of thiazole rings is 1. The normalized spacial score (nSPS) is 10.9. The Bertz CT molecular complexity index is 1090. The van der Waals surface area contributed by atoms with E-state index < -0.39 is 0 Å². The molecular formula is C18H15N5OS3. The summed E-state index contributed by atoms with van der Waals surface area (Å²) in [6, 6.07) is 9.93. The van der Waals surface area contributed by atoms with Crippen LogP contribution in [0.15, 0.2) is 52.2 Å². The Morgan fingerprint density at radius 1 is 1.22 bits per heavy atom. The van der Waals surface area contributed by atoms with Crippen molar-refractivity contribution >= 4 is 61.8 Å². The van der Waals surface area contributed by atoms with Crippen molar-refractivity contribution in [1.29, 1.82) is 0 Å². The van der Waals surface area contributed by atoms with Gasteiger partial charge >= 0.3 is 0 Å². The molecule has 3 heterocycles. The minimum Gasteiger partial charge on any atom is -0.302 e. The summed E-state index contributed by atoms with van der Waals surface area (Å²) in [5.74, 6) is 0.521. The summed E-state index contributed by atoms with van der Waals surface area (Å²) in [5.41, 5.74) is 2.68. The first-order chi connectivity index (χ1) is 13.1. The zero-order chi connectivity index (χ0) is 18.8. The molecule has 0 saturated carbocycles. The lowest BCUT2D eigenvalue weighted by atomic mass is 10.1. The average molecular weight is 414 g/mol. The van der Waals surface area contributed by atoms with Crippen LogP contribution >= 0.6 is 34.6 Å². The van der Waals surface area contributed by atoms with E-state index in [2.05, 4.69) is 26.7 Å². The van der Waals surface area contributed by atoms with Gasteiger partial charge in [-0.15, -0.1) is 0 Å². The number of fused-ring (bicyclic) bond motifs is 1. The molecule has 1 amide bonds. The maximum Gasteiger partial charge on any atom is 0.236 e. The molecule has 0 unspecified atom stereocenters. The van der Waals surface area contributed by atoms with Crippen LogP contribution in [0.25, 0.3) is 21.5 Å². The van der Waals surface area contributed by atoms with Crippen LogP contribution in [0.3, 0.4) is 0 Å². The van der Waals surface area contributed by atoms with E-state index in [4.69, 9.17) is 4.98 Å². The number of nitrogens with zero attached hydrogens (tertiary/aromatic N) is 4. The molecule has 27 heavy (non-hydrogen) atoms. The van der Waals surface area contributed by atoms with Crippen LogP contribution in [0.5, 0.6) is 0 Å². The Balaban J connectivity index is 1.61. The Morgan fingerprint density at radius 3 is 2.89 bits per heavy atom. The number of hydrogen-bond acceptors (Lipinski definition) is 8. The van der Waals surface area contributed by atoms with Gasteiger partial charge in [-0.2, -0.15) is 11.3 Å². The van der Waals surface area contributed by atoms with Crippen molar-refractivity contribution in [2.75, 3.05) is 16.7 Å². The Kier molecular flexibility index (Phi) is 5.06. The first kappa shape index (κ1) is 17.9. The van der Waals surface area contributed by atoms with Crippen molar-refractivity contribution in [2.45, 2.75) is 11.8 Å². The second kappa shape index (κ2) is 7.63. The molecule has 0 aliphatic carbocycles. The molecule has 0 aliphatic heterocycles. The third-order valence-electron chi connectivity index (χ3n) is 3.63. The Hall–Kier alpha value is -2.49. The molecule has 9 heteroatoms. The molecule has 0 radical (unpaired) electrons. The van der Waals surface area contributed by atoms with Crippen molar-refractivity contribution in [3.63, 3.8) is 0 Å². The molecule has 4 rings (SSSR count). The molecule has 3 aromatic heterocycles. The average Bonchev–Trinajstić information content (AvgIpc) is 3.29. The Morgan fingerprint density at radius 2 is 2.11 bits per heavy atom. The van der Waals surface area contributed by atoms with E-state index in [1.54, 1.807) is 29.5 Å². The number of carbonyl (C=O) groups is 1. The number of nitrogens with one attached hydrogen (secondary N) is 1. The first-order valence-electron chi connectivity index (χ1n) is 8.04. The number of hydrogen-bond donors (Lipinski definition) is 1. The molecule has 0 aliphatic rings. The van der Waals surface area contributed by atoms with Crippen molar-refractivity contribution in [1.82, 2.24) is 15.0 Å². The summed E-state index contributed by atoms with van der Waals surface area (Å²) >= 11 is 4.70. The second-order valence-corrected chi connectivity index (χ2v) is 8.68. The largest absolute Gasteiger partial charge is 0.302 e. The van der Waals surface area contributed by atoms with Crippen molar-refractivity contribution in [3.05, 3.63) is 47.3 Å². The molecule has 1 aromatic carbocycles. The van der Waals surface area contributed by atoms with E-state index in [9.17, 15) is 4.79 Å². The van der Waals surface area contributed by atoms with Crippen molar-refractivity contribution in [3.8, 4) is 11.3 Å². The molecule has 1 N–H and O–H groups in total. The predicted octanol–water partition coefficient (Wildman–Crippen LogP) is 4.92. The summed E-state index contributed by atoms with van der Waals surface area (Å²) in [4.78, 5) is 25.9. The van der Waals surface area contributed by atoms with Crippen LogP contribution in [0.1, 0.15) is 6.92 Å². The first-order valence-corrected chi connectivity index (χ1v) is 10.6. The number of benzene rings is 1. The van der Waals surface area contributed by atoms with Crippen LogP contribution in [0, 0.1) is 0 Å². The van der Waals surface area contributed by atoms with Crippen molar-refractivity contribution in [2.24, 2.45) is 0 Å². The number of rotatable bonds is 5.